The fourth-order valence-corrected chi connectivity index (χ4v) is 16.1. The molecule has 0 aromatic rings. The third kappa shape index (κ3) is 10.3. The average Bonchev–Trinajstić information content (AvgIpc) is 2.48. The molecule has 0 aliphatic heterocycles. The molecule has 2 nitrogen and oxygen atoms in total. The minimum atomic E-state index is -2.79. The van der Waals surface area contributed by atoms with Crippen molar-refractivity contribution in [3.8, 4) is 0 Å². The maximum absolute atomic E-state index is 12.4. The number of rotatable bonds is 12. The van der Waals surface area contributed by atoms with E-state index in [-0.39, 0.29) is 5.97 Å². The first-order chi connectivity index (χ1) is 10.5. The molecule has 0 aliphatic rings. The summed E-state index contributed by atoms with van der Waals surface area (Å²) in [7, 11) is 0. The molecule has 0 fully saturated rings. The number of unbranched alkanes of at least 4 members (excludes halogenated alkanes) is 3. The van der Waals surface area contributed by atoms with Crippen LogP contribution >= 0.6 is 22.6 Å². The van der Waals surface area contributed by atoms with Gasteiger partial charge in [-0.25, -0.2) is 0 Å². The van der Waals surface area contributed by atoms with E-state index in [0.29, 0.717) is 0 Å². The third-order valence-electron chi connectivity index (χ3n) is 3.95. The van der Waals surface area contributed by atoms with Crippen molar-refractivity contribution in [3.05, 3.63) is 21.8 Å². The molecule has 0 N–H and O–H groups in total. The van der Waals surface area contributed by atoms with E-state index in [9.17, 15) is 4.79 Å². The second-order valence-corrected chi connectivity index (χ2v) is 18.4. The molecule has 0 rings (SSSR count). The van der Waals surface area contributed by atoms with Crippen molar-refractivity contribution in [1.29, 1.82) is 0 Å². The van der Waals surface area contributed by atoms with Gasteiger partial charge in [-0.2, -0.15) is 0 Å². The van der Waals surface area contributed by atoms with E-state index in [0.717, 1.165) is 5.57 Å². The van der Waals surface area contributed by atoms with Crippen molar-refractivity contribution in [2.75, 3.05) is 0 Å². The quantitative estimate of drug-likeness (QED) is 0.121. The van der Waals surface area contributed by atoms with Gasteiger partial charge in [0, 0.05) is 0 Å². The third-order valence-corrected chi connectivity index (χ3v) is 16.9. The molecule has 0 radical (unpaired) electrons. The Bertz CT molecular complexity index is 342. The van der Waals surface area contributed by atoms with Gasteiger partial charge in [-0.3, -0.25) is 0 Å². The van der Waals surface area contributed by atoms with Gasteiger partial charge in [-0.05, 0) is 0 Å². The van der Waals surface area contributed by atoms with E-state index in [1.54, 1.807) is 6.08 Å². The first-order valence-electron chi connectivity index (χ1n) is 8.71. The predicted molar refractivity (Wildman–Crippen MR) is 108 cm³/mol. The molecule has 128 valence electrons. The van der Waals surface area contributed by atoms with Gasteiger partial charge in [0.15, 0.2) is 0 Å². The topological polar surface area (TPSA) is 26.3 Å². The molecule has 0 saturated carbocycles. The molecule has 0 unspecified atom stereocenters. The van der Waals surface area contributed by atoms with Crippen molar-refractivity contribution in [2.24, 2.45) is 0 Å². The van der Waals surface area contributed by atoms with Crippen LogP contribution in [0, 0.1) is 0 Å². The Labute approximate surface area is 155 Å². The van der Waals surface area contributed by atoms with Crippen LogP contribution < -0.4 is 0 Å². The van der Waals surface area contributed by atoms with Gasteiger partial charge in [0.1, 0.15) is 0 Å². The van der Waals surface area contributed by atoms with Crippen LogP contribution in [0.3, 0.4) is 0 Å². The van der Waals surface area contributed by atoms with E-state index in [1.165, 1.54) is 51.8 Å². The predicted octanol–water partition coefficient (Wildman–Crippen LogP) is 6.77. The number of halogens is 1. The van der Waals surface area contributed by atoms with Gasteiger partial charge in [0.25, 0.3) is 0 Å². The van der Waals surface area contributed by atoms with Gasteiger partial charge in [-0.15, -0.1) is 0 Å². The second-order valence-electron chi connectivity index (χ2n) is 6.10. The van der Waals surface area contributed by atoms with E-state index in [1.807, 2.05) is 17.1 Å². The summed E-state index contributed by atoms with van der Waals surface area (Å²) in [5.41, 5.74) is 0.973. The Morgan fingerprint density at radius 1 is 1.00 bits per heavy atom. The fourth-order valence-electron chi connectivity index (χ4n) is 2.60. The number of hydrogen-bond acceptors (Lipinski definition) is 2. The summed E-state index contributed by atoms with van der Waals surface area (Å²) >= 11 is -0.615. The van der Waals surface area contributed by atoms with E-state index < -0.39 is 18.8 Å². The summed E-state index contributed by atoms with van der Waals surface area (Å²) in [6.45, 7) is 8.64. The zero-order valence-corrected chi connectivity index (χ0v) is 19.8. The van der Waals surface area contributed by atoms with Crippen LogP contribution in [0.2, 0.25) is 13.3 Å². The Kier molecular flexibility index (Phi) is 14.2. The monoisotopic (exact) mass is 528 g/mol. The summed E-state index contributed by atoms with van der Waals surface area (Å²) in [6.07, 6.45) is 10.9. The molecule has 22 heavy (non-hydrogen) atoms. The van der Waals surface area contributed by atoms with E-state index in [2.05, 4.69) is 43.4 Å². The Hall–Kier alpha value is 0.479. The Morgan fingerprint density at radius 2 is 1.45 bits per heavy atom. The van der Waals surface area contributed by atoms with Crippen molar-refractivity contribution < 1.29 is 7.87 Å². The number of allylic oxidation sites excluding steroid dienone is 2. The molecule has 0 bridgehead atoms. The standard InChI is InChI=1S/C6H7IO2.3C4H9.Sn/c1-5(2-3-7)4-6(8)9;3*1-3-4-2;/h2-4H,1H3,(H,8,9);3*1,3-4H2,2H3;/q;;;;+1/p-1/b3-2+,5-4+;;;;. The van der Waals surface area contributed by atoms with Gasteiger partial charge in [0.2, 0.25) is 0 Å². The van der Waals surface area contributed by atoms with Crippen LogP contribution in [-0.4, -0.2) is 24.8 Å². The van der Waals surface area contributed by atoms with Crippen molar-refractivity contribution in [1.82, 2.24) is 0 Å². The molecule has 0 spiro atoms. The Balaban J connectivity index is 5.05. The van der Waals surface area contributed by atoms with Gasteiger partial charge < -0.3 is 0 Å². The van der Waals surface area contributed by atoms with Gasteiger partial charge in [-0.1, -0.05) is 0 Å². The molecule has 0 saturated heterocycles. The molecule has 0 amide bonds. The molecular formula is C18H33IO2Sn. The molecule has 0 atom stereocenters. The summed E-state index contributed by atoms with van der Waals surface area (Å²) in [4.78, 5) is 12.4. The van der Waals surface area contributed by atoms with Crippen LogP contribution in [0.4, 0.5) is 0 Å². The zero-order chi connectivity index (χ0) is 16.8. The first-order valence-corrected chi connectivity index (χ1v) is 17.2. The second kappa shape index (κ2) is 13.9. The first kappa shape index (κ1) is 22.5. The minimum absolute atomic E-state index is 0.0916. The van der Waals surface area contributed by atoms with Crippen molar-refractivity contribution in [2.45, 2.75) is 79.5 Å². The number of carbonyl (C=O) groups excluding carboxylic acids is 1. The molecule has 4 heteroatoms. The van der Waals surface area contributed by atoms with Gasteiger partial charge in [0.05, 0.1) is 0 Å². The van der Waals surface area contributed by atoms with Crippen LogP contribution in [-0.2, 0) is 7.87 Å². The molecule has 0 aromatic heterocycles. The van der Waals surface area contributed by atoms with E-state index in [4.69, 9.17) is 3.07 Å². The van der Waals surface area contributed by atoms with Crippen molar-refractivity contribution in [3.63, 3.8) is 0 Å². The summed E-state index contributed by atoms with van der Waals surface area (Å²) in [5.74, 6) is -0.0916. The summed E-state index contributed by atoms with van der Waals surface area (Å²) in [6, 6.07) is 0. The fraction of sp³-hybridized carbons (Fsp3) is 0.722. The molecule has 0 heterocycles. The van der Waals surface area contributed by atoms with Crippen LogP contribution in [0.1, 0.15) is 66.2 Å². The number of hydrogen-bond donors (Lipinski definition) is 0. The zero-order valence-electron chi connectivity index (χ0n) is 14.8. The number of carbonyl (C=O) groups is 1. The van der Waals surface area contributed by atoms with Crippen molar-refractivity contribution >= 4 is 47.4 Å². The maximum atomic E-state index is 12.4. The SMILES string of the molecule is CCC[CH2][Sn]([CH2]CCC)([CH2]CCC)[O]C(=O)/C=C(C)/C=C/I. The van der Waals surface area contributed by atoms with Crippen LogP contribution in [0.5, 0.6) is 0 Å². The van der Waals surface area contributed by atoms with Gasteiger partial charge >= 0.3 is 157 Å². The van der Waals surface area contributed by atoms with Crippen LogP contribution in [0.15, 0.2) is 21.8 Å². The molecule has 0 aliphatic carbocycles. The molecular weight excluding hydrogens is 494 g/mol. The average molecular weight is 527 g/mol. The van der Waals surface area contributed by atoms with Crippen LogP contribution in [0.25, 0.3) is 0 Å². The summed E-state index contributed by atoms with van der Waals surface area (Å²) in [5, 5.41) is 0. The summed E-state index contributed by atoms with van der Waals surface area (Å²) < 4.78 is 11.7. The Morgan fingerprint density at radius 3 is 1.82 bits per heavy atom. The van der Waals surface area contributed by atoms with E-state index >= 15 is 0 Å². The molecule has 0 aromatic carbocycles. The normalized spacial score (nSPS) is 12.9.